The van der Waals surface area contributed by atoms with Crippen LogP contribution in [-0.4, -0.2) is 55.1 Å². The van der Waals surface area contributed by atoms with Gasteiger partial charge in [-0.15, -0.1) is 11.3 Å². The lowest BCUT2D eigenvalue weighted by molar-refractivity contribution is -0.384. The van der Waals surface area contributed by atoms with Gasteiger partial charge in [-0.2, -0.15) is 0 Å². The molecule has 1 saturated heterocycles. The van der Waals surface area contributed by atoms with Gasteiger partial charge in [0, 0.05) is 38.3 Å². The van der Waals surface area contributed by atoms with Crippen LogP contribution in [0.4, 0.5) is 5.69 Å². The molecule has 0 bridgehead atoms. The Hall–Kier alpha value is -3.07. The van der Waals surface area contributed by atoms with Crippen LogP contribution in [0.15, 0.2) is 60.0 Å². The molecule has 1 aromatic heterocycles. The second kappa shape index (κ2) is 9.82. The number of nitrogens with zero attached hydrogens (tertiary/aromatic N) is 2. The van der Waals surface area contributed by atoms with Gasteiger partial charge in [0.05, 0.1) is 23.0 Å². The first kappa shape index (κ1) is 21.2. The van der Waals surface area contributed by atoms with E-state index >= 15 is 0 Å². The Bertz CT molecular complexity index is 1060. The number of amides is 1. The Kier molecular flexibility index (Phi) is 6.71. The molecule has 2 aromatic carbocycles. The summed E-state index contributed by atoms with van der Waals surface area (Å²) in [4.78, 5) is 26.0. The van der Waals surface area contributed by atoms with Crippen molar-refractivity contribution in [1.82, 2.24) is 10.2 Å². The molecule has 0 saturated carbocycles. The predicted octanol–water partition coefficient (Wildman–Crippen LogP) is 4.05. The van der Waals surface area contributed by atoms with Crippen molar-refractivity contribution in [2.75, 3.05) is 39.4 Å². The lowest BCUT2D eigenvalue weighted by atomic mass is 10.0. The SMILES string of the molecule is O=C(NCCN1CCOCC1)c1cc(-c2ccc(-c3cccc([N+](=O)[O-])c3)cc2)cs1. The first-order valence-corrected chi connectivity index (χ1v) is 11.0. The van der Waals surface area contributed by atoms with Crippen molar-refractivity contribution in [3.8, 4) is 22.3 Å². The minimum atomic E-state index is -0.392. The first-order chi connectivity index (χ1) is 15.1. The third-order valence-corrected chi connectivity index (χ3v) is 6.18. The molecule has 4 rings (SSSR count). The average Bonchev–Trinajstić information content (AvgIpc) is 3.30. The summed E-state index contributed by atoms with van der Waals surface area (Å²) < 4.78 is 5.33. The van der Waals surface area contributed by atoms with Crippen molar-refractivity contribution in [2.24, 2.45) is 0 Å². The van der Waals surface area contributed by atoms with E-state index in [0.717, 1.165) is 55.1 Å². The van der Waals surface area contributed by atoms with E-state index in [9.17, 15) is 14.9 Å². The van der Waals surface area contributed by atoms with Gasteiger partial charge < -0.3 is 10.1 Å². The third kappa shape index (κ3) is 5.35. The quantitative estimate of drug-likeness (QED) is 0.445. The van der Waals surface area contributed by atoms with Gasteiger partial charge in [0.1, 0.15) is 0 Å². The van der Waals surface area contributed by atoms with Crippen molar-refractivity contribution in [3.63, 3.8) is 0 Å². The Labute approximate surface area is 184 Å². The van der Waals surface area contributed by atoms with Crippen molar-refractivity contribution >= 4 is 22.9 Å². The summed E-state index contributed by atoms with van der Waals surface area (Å²) in [5.41, 5.74) is 3.76. The summed E-state index contributed by atoms with van der Waals surface area (Å²) in [7, 11) is 0. The van der Waals surface area contributed by atoms with Crippen LogP contribution in [0, 0.1) is 10.1 Å². The second-order valence-electron chi connectivity index (χ2n) is 7.29. The zero-order valence-corrected chi connectivity index (χ0v) is 17.8. The maximum atomic E-state index is 12.5. The van der Waals surface area contributed by atoms with Crippen LogP contribution in [0.25, 0.3) is 22.3 Å². The predicted molar refractivity (Wildman–Crippen MR) is 121 cm³/mol. The summed E-state index contributed by atoms with van der Waals surface area (Å²) in [6.45, 7) is 4.76. The lowest BCUT2D eigenvalue weighted by Gasteiger charge is -2.26. The Morgan fingerprint density at radius 2 is 1.74 bits per heavy atom. The lowest BCUT2D eigenvalue weighted by Crippen LogP contribution is -2.41. The Morgan fingerprint density at radius 3 is 2.45 bits per heavy atom. The number of nitrogens with one attached hydrogen (secondary N) is 1. The summed E-state index contributed by atoms with van der Waals surface area (Å²) in [5, 5.41) is 16.0. The van der Waals surface area contributed by atoms with Crippen molar-refractivity contribution in [2.45, 2.75) is 0 Å². The first-order valence-electron chi connectivity index (χ1n) is 10.1. The number of carbonyl (C=O) groups is 1. The highest BCUT2D eigenvalue weighted by Crippen LogP contribution is 2.29. The van der Waals surface area contributed by atoms with Crippen LogP contribution in [0.3, 0.4) is 0 Å². The number of morpholine rings is 1. The number of nitro groups is 1. The molecule has 1 amide bonds. The number of thiophene rings is 1. The van der Waals surface area contributed by atoms with Crippen LogP contribution >= 0.6 is 11.3 Å². The molecule has 7 nitrogen and oxygen atoms in total. The van der Waals surface area contributed by atoms with E-state index in [1.165, 1.54) is 17.4 Å². The van der Waals surface area contributed by atoms with Crippen molar-refractivity contribution in [3.05, 3.63) is 75.0 Å². The van der Waals surface area contributed by atoms with E-state index in [1.807, 2.05) is 41.8 Å². The molecule has 0 spiro atoms. The van der Waals surface area contributed by atoms with E-state index in [1.54, 1.807) is 12.1 Å². The number of hydrogen-bond acceptors (Lipinski definition) is 6. The number of rotatable bonds is 7. The topological polar surface area (TPSA) is 84.7 Å². The number of carbonyl (C=O) groups excluding carboxylic acids is 1. The molecule has 1 fully saturated rings. The molecule has 160 valence electrons. The molecule has 0 aliphatic carbocycles. The average molecular weight is 438 g/mol. The van der Waals surface area contributed by atoms with Crippen LogP contribution in [0.5, 0.6) is 0 Å². The maximum absolute atomic E-state index is 12.5. The molecule has 31 heavy (non-hydrogen) atoms. The van der Waals surface area contributed by atoms with Gasteiger partial charge in [-0.05, 0) is 33.7 Å². The van der Waals surface area contributed by atoms with Crippen LogP contribution in [0.2, 0.25) is 0 Å². The fourth-order valence-electron chi connectivity index (χ4n) is 3.50. The molecule has 1 aliphatic rings. The van der Waals surface area contributed by atoms with Crippen molar-refractivity contribution in [1.29, 1.82) is 0 Å². The second-order valence-corrected chi connectivity index (χ2v) is 8.21. The van der Waals surface area contributed by atoms with Crippen molar-refractivity contribution < 1.29 is 14.5 Å². The van der Waals surface area contributed by atoms with E-state index < -0.39 is 4.92 Å². The van der Waals surface area contributed by atoms with Crippen LogP contribution < -0.4 is 5.32 Å². The normalized spacial score (nSPS) is 14.3. The highest BCUT2D eigenvalue weighted by atomic mass is 32.1. The summed E-state index contributed by atoms with van der Waals surface area (Å²) in [6, 6.07) is 16.3. The Balaban J connectivity index is 1.37. The number of ether oxygens (including phenoxy) is 1. The molecule has 0 atom stereocenters. The third-order valence-electron chi connectivity index (χ3n) is 5.25. The molecular formula is C23H23N3O4S. The van der Waals surface area contributed by atoms with E-state index in [4.69, 9.17) is 4.74 Å². The highest BCUT2D eigenvalue weighted by Gasteiger charge is 2.13. The zero-order chi connectivity index (χ0) is 21.6. The van der Waals surface area contributed by atoms with Crippen LogP contribution in [0.1, 0.15) is 9.67 Å². The smallest absolute Gasteiger partial charge is 0.270 e. The maximum Gasteiger partial charge on any atom is 0.270 e. The van der Waals surface area contributed by atoms with E-state index in [-0.39, 0.29) is 11.6 Å². The largest absolute Gasteiger partial charge is 0.379 e. The minimum absolute atomic E-state index is 0.0577. The number of hydrogen-bond donors (Lipinski definition) is 1. The van der Waals surface area contributed by atoms with Gasteiger partial charge in [-0.25, -0.2) is 0 Å². The molecule has 1 N–H and O–H groups in total. The van der Waals surface area contributed by atoms with Gasteiger partial charge in [-0.3, -0.25) is 19.8 Å². The standard InChI is InChI=1S/C23H23N3O4S/c27-23(24-8-9-25-10-12-30-13-11-25)22-15-20(16-31-22)18-6-4-17(5-7-18)19-2-1-3-21(14-19)26(28)29/h1-7,14-16H,8-13H2,(H,24,27). The Morgan fingerprint density at radius 1 is 1.03 bits per heavy atom. The van der Waals surface area contributed by atoms with Gasteiger partial charge >= 0.3 is 0 Å². The molecule has 0 radical (unpaired) electrons. The summed E-state index contributed by atoms with van der Waals surface area (Å²) >= 11 is 1.42. The van der Waals surface area contributed by atoms with Gasteiger partial charge in [0.25, 0.3) is 11.6 Å². The fourth-order valence-corrected chi connectivity index (χ4v) is 4.33. The minimum Gasteiger partial charge on any atom is -0.379 e. The highest BCUT2D eigenvalue weighted by molar-refractivity contribution is 7.12. The molecule has 8 heteroatoms. The molecule has 3 aromatic rings. The number of nitro benzene ring substituents is 1. The van der Waals surface area contributed by atoms with Gasteiger partial charge in [-0.1, -0.05) is 36.4 Å². The monoisotopic (exact) mass is 437 g/mol. The summed E-state index contributed by atoms with van der Waals surface area (Å²) in [6.07, 6.45) is 0. The van der Waals surface area contributed by atoms with E-state index in [0.29, 0.717) is 11.4 Å². The number of benzene rings is 2. The van der Waals surface area contributed by atoms with Gasteiger partial charge in [0.15, 0.2) is 0 Å². The van der Waals surface area contributed by atoms with Gasteiger partial charge in [0.2, 0.25) is 0 Å². The van der Waals surface area contributed by atoms with E-state index in [2.05, 4.69) is 10.2 Å². The number of non-ortho nitro benzene ring substituents is 1. The molecular weight excluding hydrogens is 414 g/mol. The molecule has 2 heterocycles. The molecule has 0 unspecified atom stereocenters. The molecule has 1 aliphatic heterocycles. The zero-order valence-electron chi connectivity index (χ0n) is 17.0. The fraction of sp³-hybridized carbons (Fsp3) is 0.261. The van der Waals surface area contributed by atoms with Crippen LogP contribution in [-0.2, 0) is 4.74 Å². The summed E-state index contributed by atoms with van der Waals surface area (Å²) in [5.74, 6) is -0.0577.